The number of nitrogens with zero attached hydrogens (tertiary/aromatic N) is 1. The van der Waals surface area contributed by atoms with Crippen molar-refractivity contribution in [3.63, 3.8) is 0 Å². The van der Waals surface area contributed by atoms with Crippen LogP contribution in [-0.2, 0) is 0 Å². The molecular formula is C8H6BrNO. The fraction of sp³-hybridized carbons (Fsp3) is 0.125. The van der Waals surface area contributed by atoms with Gasteiger partial charge in [-0.15, -0.1) is 0 Å². The second kappa shape index (κ2) is 2.34. The van der Waals surface area contributed by atoms with E-state index in [1.54, 1.807) is 0 Å². The van der Waals surface area contributed by atoms with Gasteiger partial charge in [-0.1, -0.05) is 11.2 Å². The molecule has 0 spiro atoms. The van der Waals surface area contributed by atoms with Crippen molar-refractivity contribution >= 4 is 26.8 Å². The third-order valence-corrected chi connectivity index (χ3v) is 2.16. The fourth-order valence-electron chi connectivity index (χ4n) is 1.02. The van der Waals surface area contributed by atoms with Crippen LogP contribution in [0.15, 0.2) is 27.4 Å². The minimum absolute atomic E-state index is 0.701. The molecule has 2 rings (SSSR count). The van der Waals surface area contributed by atoms with E-state index in [-0.39, 0.29) is 0 Å². The first-order valence-corrected chi connectivity index (χ1v) is 4.08. The van der Waals surface area contributed by atoms with E-state index in [9.17, 15) is 0 Å². The number of fused-ring (bicyclic) bond motifs is 1. The second-order valence-electron chi connectivity index (χ2n) is 2.48. The van der Waals surface area contributed by atoms with Crippen LogP contribution >= 0.6 is 15.9 Å². The summed E-state index contributed by atoms with van der Waals surface area (Å²) in [6, 6.07) is 6.01. The van der Waals surface area contributed by atoms with Crippen LogP contribution in [0, 0.1) is 6.92 Å². The van der Waals surface area contributed by atoms with E-state index in [4.69, 9.17) is 4.52 Å². The van der Waals surface area contributed by atoms with Gasteiger partial charge in [0.05, 0.1) is 5.39 Å². The van der Waals surface area contributed by atoms with E-state index >= 15 is 0 Å². The maximum atomic E-state index is 4.94. The molecule has 0 atom stereocenters. The van der Waals surface area contributed by atoms with Crippen molar-refractivity contribution in [2.75, 3.05) is 0 Å². The Hall–Kier alpha value is -0.830. The van der Waals surface area contributed by atoms with Crippen molar-refractivity contribution in [1.82, 2.24) is 5.16 Å². The van der Waals surface area contributed by atoms with E-state index in [2.05, 4.69) is 21.1 Å². The number of rotatable bonds is 0. The van der Waals surface area contributed by atoms with Gasteiger partial charge in [-0.3, -0.25) is 0 Å². The lowest BCUT2D eigenvalue weighted by molar-refractivity contribution is 0.408. The van der Waals surface area contributed by atoms with Crippen molar-refractivity contribution in [2.24, 2.45) is 0 Å². The smallest absolute Gasteiger partial charge is 0.209 e. The highest BCUT2D eigenvalue weighted by Gasteiger charge is 2.03. The van der Waals surface area contributed by atoms with E-state index in [1.165, 1.54) is 5.56 Å². The number of halogens is 1. The standard InChI is InChI=1S/C8H6BrNO/c1-5-2-3-6-7(4-5)10-11-8(6)9/h2-4H,1H3. The minimum atomic E-state index is 0.701. The summed E-state index contributed by atoms with van der Waals surface area (Å²) >= 11 is 3.26. The zero-order valence-electron chi connectivity index (χ0n) is 5.97. The summed E-state index contributed by atoms with van der Waals surface area (Å²) in [5.41, 5.74) is 2.09. The number of aromatic nitrogens is 1. The van der Waals surface area contributed by atoms with Crippen LogP contribution in [0.3, 0.4) is 0 Å². The molecule has 1 aromatic heterocycles. The topological polar surface area (TPSA) is 26.0 Å². The van der Waals surface area contributed by atoms with Gasteiger partial charge in [0, 0.05) is 0 Å². The van der Waals surface area contributed by atoms with Gasteiger partial charge in [0.1, 0.15) is 5.52 Å². The Morgan fingerprint density at radius 2 is 2.27 bits per heavy atom. The van der Waals surface area contributed by atoms with Crippen molar-refractivity contribution in [1.29, 1.82) is 0 Å². The van der Waals surface area contributed by atoms with Gasteiger partial charge in [-0.05, 0) is 40.5 Å². The first kappa shape index (κ1) is 6.85. The Kier molecular flexibility index (Phi) is 1.46. The Bertz CT molecular complexity index is 394. The van der Waals surface area contributed by atoms with Crippen LogP contribution in [0.2, 0.25) is 0 Å². The summed E-state index contributed by atoms with van der Waals surface area (Å²) in [6.07, 6.45) is 0. The average molecular weight is 212 g/mol. The largest absolute Gasteiger partial charge is 0.348 e. The number of hydrogen-bond acceptors (Lipinski definition) is 2. The fourth-order valence-corrected chi connectivity index (χ4v) is 1.43. The SMILES string of the molecule is Cc1ccc2c(Br)onc2c1. The molecule has 0 aliphatic carbocycles. The number of benzene rings is 1. The molecule has 1 aromatic carbocycles. The monoisotopic (exact) mass is 211 g/mol. The number of hydrogen-bond donors (Lipinski definition) is 0. The predicted molar refractivity (Wildman–Crippen MR) is 46.4 cm³/mol. The van der Waals surface area contributed by atoms with E-state index in [0.717, 1.165) is 10.9 Å². The van der Waals surface area contributed by atoms with Gasteiger partial charge in [0.15, 0.2) is 0 Å². The first-order valence-electron chi connectivity index (χ1n) is 3.29. The highest BCUT2D eigenvalue weighted by Crippen LogP contribution is 2.23. The second-order valence-corrected chi connectivity index (χ2v) is 3.20. The molecule has 0 fully saturated rings. The van der Waals surface area contributed by atoms with Gasteiger partial charge in [-0.2, -0.15) is 0 Å². The molecule has 0 radical (unpaired) electrons. The first-order chi connectivity index (χ1) is 5.27. The third-order valence-electron chi connectivity index (χ3n) is 1.59. The van der Waals surface area contributed by atoms with Gasteiger partial charge in [0.25, 0.3) is 0 Å². The van der Waals surface area contributed by atoms with Gasteiger partial charge in [-0.25, -0.2) is 0 Å². The zero-order valence-corrected chi connectivity index (χ0v) is 7.55. The maximum Gasteiger partial charge on any atom is 0.209 e. The molecule has 0 aliphatic rings. The summed E-state index contributed by atoms with van der Waals surface area (Å²) < 4.78 is 5.64. The Morgan fingerprint density at radius 1 is 1.45 bits per heavy atom. The molecule has 1 heterocycles. The molecule has 56 valence electrons. The third kappa shape index (κ3) is 1.05. The molecule has 0 N–H and O–H groups in total. The van der Waals surface area contributed by atoms with Crippen LogP contribution in [0.5, 0.6) is 0 Å². The van der Waals surface area contributed by atoms with Crippen LogP contribution in [-0.4, -0.2) is 5.16 Å². The quantitative estimate of drug-likeness (QED) is 0.670. The molecule has 0 saturated heterocycles. The average Bonchev–Trinajstić information content (AvgIpc) is 2.32. The highest BCUT2D eigenvalue weighted by molar-refractivity contribution is 9.10. The van der Waals surface area contributed by atoms with Crippen LogP contribution in [0.4, 0.5) is 0 Å². The highest BCUT2D eigenvalue weighted by atomic mass is 79.9. The lowest BCUT2D eigenvalue weighted by atomic mass is 10.2. The van der Waals surface area contributed by atoms with Gasteiger partial charge < -0.3 is 4.52 Å². The number of aryl methyl sites for hydroxylation is 1. The van der Waals surface area contributed by atoms with Crippen molar-refractivity contribution in [3.05, 3.63) is 28.4 Å². The Labute approximate surface area is 72.3 Å². The minimum Gasteiger partial charge on any atom is -0.348 e. The van der Waals surface area contributed by atoms with Crippen molar-refractivity contribution in [2.45, 2.75) is 6.92 Å². The zero-order chi connectivity index (χ0) is 7.84. The summed E-state index contributed by atoms with van der Waals surface area (Å²) in [4.78, 5) is 0. The van der Waals surface area contributed by atoms with E-state index in [1.807, 2.05) is 25.1 Å². The normalized spacial score (nSPS) is 10.7. The van der Waals surface area contributed by atoms with E-state index < -0.39 is 0 Å². The lowest BCUT2D eigenvalue weighted by Crippen LogP contribution is -1.70. The molecule has 0 unspecified atom stereocenters. The Morgan fingerprint density at radius 3 is 3.09 bits per heavy atom. The molecule has 2 aromatic rings. The summed E-state index contributed by atoms with van der Waals surface area (Å²) in [6.45, 7) is 2.03. The molecule has 2 nitrogen and oxygen atoms in total. The molecule has 0 saturated carbocycles. The van der Waals surface area contributed by atoms with Gasteiger partial charge >= 0.3 is 0 Å². The summed E-state index contributed by atoms with van der Waals surface area (Å²) in [5.74, 6) is 0. The lowest BCUT2D eigenvalue weighted by Gasteiger charge is -1.88. The summed E-state index contributed by atoms with van der Waals surface area (Å²) in [7, 11) is 0. The predicted octanol–water partition coefficient (Wildman–Crippen LogP) is 2.90. The van der Waals surface area contributed by atoms with Crippen LogP contribution in [0.1, 0.15) is 5.56 Å². The molecular weight excluding hydrogens is 206 g/mol. The Balaban J connectivity index is 2.86. The van der Waals surface area contributed by atoms with Crippen molar-refractivity contribution in [3.8, 4) is 0 Å². The summed E-state index contributed by atoms with van der Waals surface area (Å²) in [5, 5.41) is 4.88. The van der Waals surface area contributed by atoms with Crippen LogP contribution in [0.25, 0.3) is 10.9 Å². The molecule has 0 aliphatic heterocycles. The molecule has 0 bridgehead atoms. The molecule has 11 heavy (non-hydrogen) atoms. The maximum absolute atomic E-state index is 4.94. The molecule has 3 heteroatoms. The van der Waals surface area contributed by atoms with Crippen molar-refractivity contribution < 1.29 is 4.52 Å². The molecule has 0 amide bonds. The van der Waals surface area contributed by atoms with Gasteiger partial charge in [0.2, 0.25) is 4.67 Å². The van der Waals surface area contributed by atoms with E-state index in [0.29, 0.717) is 4.67 Å². The van der Waals surface area contributed by atoms with Crippen LogP contribution < -0.4 is 0 Å².